The lowest BCUT2D eigenvalue weighted by molar-refractivity contribution is -0.111. The van der Waals surface area contributed by atoms with Crippen LogP contribution < -0.4 is 15.5 Å². The number of carbonyl (C=O) groups excluding carboxylic acids is 1. The summed E-state index contributed by atoms with van der Waals surface area (Å²) in [7, 11) is 5.87. The minimum Gasteiger partial charge on any atom is -0.506 e. The number of rotatable bonds is 9. The number of hydrogen-bond acceptors (Lipinski definition) is 7. The largest absolute Gasteiger partial charge is 0.506 e. The molecule has 0 aliphatic heterocycles. The molecule has 2 aromatic heterocycles. The van der Waals surface area contributed by atoms with Crippen molar-refractivity contribution < 1.29 is 9.90 Å². The average molecular weight is 520 g/mol. The Morgan fingerprint density at radius 1 is 1.16 bits per heavy atom. The molecule has 37 heavy (non-hydrogen) atoms. The summed E-state index contributed by atoms with van der Waals surface area (Å²) in [6.45, 7) is 6.99. The number of halogens is 1. The van der Waals surface area contributed by atoms with E-state index >= 15 is 0 Å². The van der Waals surface area contributed by atoms with Gasteiger partial charge in [-0.1, -0.05) is 18.2 Å². The summed E-state index contributed by atoms with van der Waals surface area (Å²) in [6, 6.07) is 11.0. The molecule has 0 atom stereocenters. The van der Waals surface area contributed by atoms with E-state index in [-0.39, 0.29) is 17.6 Å². The molecule has 1 amide bonds. The van der Waals surface area contributed by atoms with Crippen LogP contribution in [0.15, 0.2) is 61.4 Å². The molecule has 2 aromatic carbocycles. The molecule has 0 radical (unpaired) electrons. The van der Waals surface area contributed by atoms with Crippen molar-refractivity contribution in [1.29, 1.82) is 0 Å². The summed E-state index contributed by atoms with van der Waals surface area (Å²) in [5, 5.41) is 18.5. The van der Waals surface area contributed by atoms with Gasteiger partial charge in [-0.3, -0.25) is 4.79 Å². The van der Waals surface area contributed by atoms with Gasteiger partial charge in [0, 0.05) is 49.0 Å². The predicted octanol–water partition coefficient (Wildman–Crippen LogP) is 4.95. The lowest BCUT2D eigenvalue weighted by Gasteiger charge is -2.25. The van der Waals surface area contributed by atoms with Gasteiger partial charge < -0.3 is 30.1 Å². The molecule has 0 bridgehead atoms. The summed E-state index contributed by atoms with van der Waals surface area (Å²) in [6.07, 6.45) is 4.75. The van der Waals surface area contributed by atoms with Crippen LogP contribution in [0, 0.1) is 6.92 Å². The van der Waals surface area contributed by atoms with Gasteiger partial charge in [0.2, 0.25) is 11.9 Å². The van der Waals surface area contributed by atoms with Crippen LogP contribution >= 0.6 is 11.6 Å². The van der Waals surface area contributed by atoms with E-state index in [4.69, 9.17) is 11.6 Å². The van der Waals surface area contributed by atoms with E-state index in [0.717, 1.165) is 23.0 Å². The Kier molecular flexibility index (Phi) is 7.66. The number of amides is 1. The first-order valence-corrected chi connectivity index (χ1v) is 12.1. The number of nitrogens with one attached hydrogen (secondary N) is 2. The van der Waals surface area contributed by atoms with E-state index in [1.807, 2.05) is 61.9 Å². The van der Waals surface area contributed by atoms with E-state index in [1.165, 1.54) is 6.08 Å². The molecule has 192 valence electrons. The molecule has 0 fully saturated rings. The number of phenolic OH excluding ortho intramolecular Hbond substituents is 1. The first kappa shape index (κ1) is 26.0. The van der Waals surface area contributed by atoms with Crippen LogP contribution in [0.3, 0.4) is 0 Å². The Bertz CT molecular complexity index is 1460. The molecule has 4 rings (SSSR count). The third kappa shape index (κ3) is 5.84. The number of likely N-dealkylation sites (N-methyl/N-ethyl adjacent to an activating group) is 2. The fraction of sp³-hybridized carbons (Fsp3) is 0.222. The summed E-state index contributed by atoms with van der Waals surface area (Å²) in [4.78, 5) is 25.1. The Balaban J connectivity index is 1.67. The Hall–Kier alpha value is -4.08. The third-order valence-corrected chi connectivity index (χ3v) is 6.36. The number of hydrogen-bond donors (Lipinski definition) is 3. The molecule has 4 aromatic rings. The molecule has 10 heteroatoms. The maximum Gasteiger partial charge on any atom is 0.247 e. The van der Waals surface area contributed by atoms with E-state index < -0.39 is 0 Å². The minimum atomic E-state index is -0.356. The number of phenols is 1. The van der Waals surface area contributed by atoms with Crippen LogP contribution in [0.2, 0.25) is 5.02 Å². The molecule has 0 saturated carbocycles. The van der Waals surface area contributed by atoms with Gasteiger partial charge in [0.05, 0.1) is 22.6 Å². The normalized spacial score (nSPS) is 11.1. The van der Waals surface area contributed by atoms with Crippen molar-refractivity contribution in [3.8, 4) is 11.6 Å². The van der Waals surface area contributed by atoms with Crippen molar-refractivity contribution >= 4 is 51.4 Å². The Morgan fingerprint density at radius 2 is 1.95 bits per heavy atom. The standard InChI is InChI=1S/C27H30ClN7O2/c1-6-26(37)30-20-15-21(24(36)16-23(20)34(5)12-11-33(3)4)31-27-29-9-7-25(32-27)35-10-8-18-13-17(2)19(28)14-22(18)35/h6-10,13-16,36H,1,11-12H2,2-5H3,(H,30,37)(H,29,31,32). The van der Waals surface area contributed by atoms with Crippen molar-refractivity contribution in [2.45, 2.75) is 6.92 Å². The highest BCUT2D eigenvalue weighted by molar-refractivity contribution is 6.32. The van der Waals surface area contributed by atoms with Gasteiger partial charge in [0.1, 0.15) is 11.6 Å². The van der Waals surface area contributed by atoms with Gasteiger partial charge in [-0.2, -0.15) is 4.98 Å². The number of anilines is 4. The summed E-state index contributed by atoms with van der Waals surface area (Å²) < 4.78 is 1.92. The highest BCUT2D eigenvalue weighted by Gasteiger charge is 2.16. The maximum absolute atomic E-state index is 12.1. The Labute approximate surface area is 221 Å². The van der Waals surface area contributed by atoms with Crippen LogP contribution in [0.5, 0.6) is 5.75 Å². The maximum atomic E-state index is 12.1. The molecule has 0 saturated heterocycles. The van der Waals surface area contributed by atoms with Gasteiger partial charge in [-0.25, -0.2) is 4.98 Å². The van der Waals surface area contributed by atoms with Crippen molar-refractivity contribution in [2.75, 3.05) is 49.8 Å². The first-order valence-electron chi connectivity index (χ1n) is 11.7. The molecule has 0 spiro atoms. The minimum absolute atomic E-state index is 0.00835. The molecular formula is C27H30ClN7O2. The van der Waals surface area contributed by atoms with Crippen LogP contribution in [0.1, 0.15) is 5.56 Å². The number of benzene rings is 2. The zero-order valence-corrected chi connectivity index (χ0v) is 22.0. The average Bonchev–Trinajstić information content (AvgIpc) is 3.27. The fourth-order valence-corrected chi connectivity index (χ4v) is 4.04. The van der Waals surface area contributed by atoms with Crippen LogP contribution in [0.4, 0.5) is 23.0 Å². The van der Waals surface area contributed by atoms with E-state index in [2.05, 4.69) is 32.1 Å². The number of nitrogens with zero attached hydrogens (tertiary/aromatic N) is 5. The zero-order valence-electron chi connectivity index (χ0n) is 21.3. The van der Waals surface area contributed by atoms with Crippen molar-refractivity contribution in [3.05, 3.63) is 72.0 Å². The van der Waals surface area contributed by atoms with E-state index in [9.17, 15) is 9.90 Å². The summed E-state index contributed by atoms with van der Waals surface area (Å²) in [5.41, 5.74) is 3.45. The second-order valence-electron chi connectivity index (χ2n) is 9.01. The van der Waals surface area contributed by atoms with Gasteiger partial charge in [-0.05, 0) is 63.0 Å². The number of aryl methyl sites for hydroxylation is 1. The smallest absolute Gasteiger partial charge is 0.247 e. The lowest BCUT2D eigenvalue weighted by atomic mass is 10.2. The van der Waals surface area contributed by atoms with Crippen molar-refractivity contribution in [2.24, 2.45) is 0 Å². The second-order valence-corrected chi connectivity index (χ2v) is 9.42. The molecule has 0 aliphatic carbocycles. The van der Waals surface area contributed by atoms with E-state index in [0.29, 0.717) is 34.4 Å². The van der Waals surface area contributed by atoms with Crippen LogP contribution in [-0.2, 0) is 4.79 Å². The molecule has 3 N–H and O–H groups in total. The number of fused-ring (bicyclic) bond motifs is 1. The van der Waals surface area contributed by atoms with Crippen LogP contribution in [0.25, 0.3) is 16.7 Å². The van der Waals surface area contributed by atoms with Gasteiger partial charge in [0.25, 0.3) is 0 Å². The molecule has 0 unspecified atom stereocenters. The molecular weight excluding hydrogens is 490 g/mol. The zero-order chi connectivity index (χ0) is 26.7. The van der Waals surface area contributed by atoms with Crippen molar-refractivity contribution in [1.82, 2.24) is 19.4 Å². The van der Waals surface area contributed by atoms with E-state index in [1.54, 1.807) is 24.4 Å². The number of carbonyl (C=O) groups is 1. The molecule has 2 heterocycles. The monoisotopic (exact) mass is 519 g/mol. The topological polar surface area (TPSA) is 98.5 Å². The lowest BCUT2D eigenvalue weighted by Crippen LogP contribution is -2.29. The highest BCUT2D eigenvalue weighted by Crippen LogP contribution is 2.37. The molecule has 0 aliphatic rings. The predicted molar refractivity (Wildman–Crippen MR) is 151 cm³/mol. The number of aromatic nitrogens is 3. The van der Waals surface area contributed by atoms with Gasteiger partial charge >= 0.3 is 0 Å². The van der Waals surface area contributed by atoms with Crippen LogP contribution in [-0.4, -0.2) is 64.7 Å². The quantitative estimate of drug-likeness (QED) is 0.163. The fourth-order valence-electron chi connectivity index (χ4n) is 3.88. The number of aromatic hydroxyl groups is 1. The first-order chi connectivity index (χ1) is 17.7. The van der Waals surface area contributed by atoms with Gasteiger partial charge in [0.15, 0.2) is 0 Å². The SMILES string of the molecule is C=CC(=O)Nc1cc(Nc2nccc(-n3ccc4cc(C)c(Cl)cc43)n2)c(O)cc1N(C)CCN(C)C. The highest BCUT2D eigenvalue weighted by atomic mass is 35.5. The van der Waals surface area contributed by atoms with Crippen molar-refractivity contribution in [3.63, 3.8) is 0 Å². The second kappa shape index (κ2) is 10.9. The summed E-state index contributed by atoms with van der Waals surface area (Å²) in [5.74, 6) is 0.547. The molecule has 9 nitrogen and oxygen atoms in total. The third-order valence-electron chi connectivity index (χ3n) is 5.96. The van der Waals surface area contributed by atoms with Gasteiger partial charge in [-0.15, -0.1) is 0 Å². The Morgan fingerprint density at radius 3 is 2.68 bits per heavy atom. The summed E-state index contributed by atoms with van der Waals surface area (Å²) >= 11 is 6.36.